The van der Waals surface area contributed by atoms with E-state index >= 15 is 0 Å². The molecule has 2 aromatic carbocycles. The largest absolute Gasteiger partial charge is 0.350 e. The number of nitrogens with zero attached hydrogens (tertiary/aromatic N) is 2. The van der Waals surface area contributed by atoms with Crippen LogP contribution in [0.4, 0.5) is 10.3 Å². The summed E-state index contributed by atoms with van der Waals surface area (Å²) in [6.07, 6.45) is 0. The van der Waals surface area contributed by atoms with Crippen LogP contribution in [-0.4, -0.2) is 15.9 Å². The second-order valence-electron chi connectivity index (χ2n) is 5.87. The van der Waals surface area contributed by atoms with Gasteiger partial charge in [-0.2, -0.15) is 0 Å². The zero-order valence-electron chi connectivity index (χ0n) is 14.4. The van der Waals surface area contributed by atoms with E-state index in [-0.39, 0.29) is 11.7 Å². The first-order valence-electron chi connectivity index (χ1n) is 8.26. The Kier molecular flexibility index (Phi) is 5.53. The minimum Gasteiger partial charge on any atom is -0.350 e. The Bertz CT molecular complexity index is 882. The third-order valence-electron chi connectivity index (χ3n) is 3.75. The van der Waals surface area contributed by atoms with Gasteiger partial charge in [-0.15, -0.1) is 0 Å². The summed E-state index contributed by atoms with van der Waals surface area (Å²) in [5.74, 6) is -0.179. The molecule has 5 nitrogen and oxygen atoms in total. The maximum atomic E-state index is 13.0. The highest BCUT2D eigenvalue weighted by molar-refractivity contribution is 5.92. The first-order chi connectivity index (χ1) is 12.6. The predicted octanol–water partition coefficient (Wildman–Crippen LogP) is 3.47. The lowest BCUT2D eigenvalue weighted by atomic mass is 10.2. The molecule has 0 spiro atoms. The van der Waals surface area contributed by atoms with Crippen LogP contribution in [0.2, 0.25) is 0 Å². The molecule has 3 rings (SSSR count). The number of halogens is 1. The summed E-state index contributed by atoms with van der Waals surface area (Å²) >= 11 is 0. The average Bonchev–Trinajstić information content (AvgIpc) is 2.66. The number of carbonyl (C=O) groups excluding carboxylic acids is 1. The van der Waals surface area contributed by atoms with Crippen LogP contribution < -0.4 is 10.6 Å². The lowest BCUT2D eigenvalue weighted by molar-refractivity contribution is 0.0945. The fraction of sp³-hybridized carbons (Fsp3) is 0.150. The number of hydrogen-bond acceptors (Lipinski definition) is 4. The lowest BCUT2D eigenvalue weighted by Crippen LogP contribution is -2.24. The topological polar surface area (TPSA) is 66.9 Å². The molecule has 1 aromatic heterocycles. The van der Waals surface area contributed by atoms with Crippen LogP contribution in [0.1, 0.15) is 27.3 Å². The Morgan fingerprint density at radius 1 is 0.962 bits per heavy atom. The van der Waals surface area contributed by atoms with E-state index in [0.29, 0.717) is 30.4 Å². The molecule has 0 atom stereocenters. The number of aryl methyl sites for hydroxylation is 1. The first-order valence-corrected chi connectivity index (χ1v) is 8.26. The van der Waals surface area contributed by atoms with Gasteiger partial charge in [0.1, 0.15) is 11.5 Å². The summed E-state index contributed by atoms with van der Waals surface area (Å²) in [5.41, 5.74) is 2.90. The van der Waals surface area contributed by atoms with Crippen molar-refractivity contribution in [3.05, 3.63) is 89.0 Å². The van der Waals surface area contributed by atoms with Gasteiger partial charge in [0.25, 0.3) is 5.91 Å². The Hall–Kier alpha value is -3.28. The molecule has 0 aliphatic heterocycles. The van der Waals surface area contributed by atoms with Crippen LogP contribution >= 0.6 is 0 Å². The number of benzene rings is 2. The van der Waals surface area contributed by atoms with E-state index in [1.54, 1.807) is 25.1 Å². The average molecular weight is 350 g/mol. The van der Waals surface area contributed by atoms with E-state index in [2.05, 4.69) is 20.6 Å². The fourth-order valence-corrected chi connectivity index (χ4v) is 2.42. The van der Waals surface area contributed by atoms with Crippen LogP contribution in [0.25, 0.3) is 0 Å². The van der Waals surface area contributed by atoms with Crippen molar-refractivity contribution in [2.75, 3.05) is 5.32 Å². The third-order valence-corrected chi connectivity index (χ3v) is 3.75. The number of anilines is 1. The standard InChI is InChI=1S/C20H19FN4O/c1-14-11-18(19(26)22-12-15-5-3-2-4-6-15)25-20(24-14)23-13-16-7-9-17(21)10-8-16/h2-11H,12-13H2,1H3,(H,22,26)(H,23,24,25). The smallest absolute Gasteiger partial charge is 0.270 e. The summed E-state index contributed by atoms with van der Waals surface area (Å²) < 4.78 is 13.0. The summed E-state index contributed by atoms with van der Waals surface area (Å²) in [4.78, 5) is 20.9. The molecule has 0 unspecified atom stereocenters. The van der Waals surface area contributed by atoms with E-state index in [0.717, 1.165) is 11.1 Å². The molecule has 0 saturated carbocycles. The van der Waals surface area contributed by atoms with Crippen LogP contribution in [0.5, 0.6) is 0 Å². The SMILES string of the molecule is Cc1cc(C(=O)NCc2ccccc2)nc(NCc2ccc(F)cc2)n1. The van der Waals surface area contributed by atoms with Crippen molar-refractivity contribution < 1.29 is 9.18 Å². The van der Waals surface area contributed by atoms with Gasteiger partial charge in [-0.1, -0.05) is 42.5 Å². The number of aromatic nitrogens is 2. The highest BCUT2D eigenvalue weighted by atomic mass is 19.1. The van der Waals surface area contributed by atoms with Crippen LogP contribution in [-0.2, 0) is 13.1 Å². The van der Waals surface area contributed by atoms with E-state index in [1.165, 1.54) is 12.1 Å². The van der Waals surface area contributed by atoms with Gasteiger partial charge in [0.15, 0.2) is 0 Å². The molecule has 6 heteroatoms. The molecule has 0 fully saturated rings. The van der Waals surface area contributed by atoms with Gasteiger partial charge in [0.05, 0.1) is 0 Å². The maximum Gasteiger partial charge on any atom is 0.270 e. The summed E-state index contributed by atoms with van der Waals surface area (Å²) in [6, 6.07) is 17.5. The normalized spacial score (nSPS) is 10.4. The molecule has 132 valence electrons. The molecule has 1 amide bonds. The Morgan fingerprint density at radius 3 is 2.38 bits per heavy atom. The Balaban J connectivity index is 1.64. The molecule has 1 heterocycles. The van der Waals surface area contributed by atoms with Crippen molar-refractivity contribution in [1.82, 2.24) is 15.3 Å². The first kappa shape index (κ1) is 17.5. The van der Waals surface area contributed by atoms with Gasteiger partial charge in [-0.05, 0) is 36.2 Å². The fourth-order valence-electron chi connectivity index (χ4n) is 2.42. The molecule has 3 aromatic rings. The molecule has 0 saturated heterocycles. The van der Waals surface area contributed by atoms with Crippen LogP contribution in [0.3, 0.4) is 0 Å². The van der Waals surface area contributed by atoms with E-state index in [1.807, 2.05) is 30.3 Å². The molecule has 0 aliphatic rings. The quantitative estimate of drug-likeness (QED) is 0.714. The molecule has 0 aliphatic carbocycles. The van der Waals surface area contributed by atoms with Gasteiger partial charge in [0, 0.05) is 18.8 Å². The number of rotatable bonds is 6. The van der Waals surface area contributed by atoms with E-state index < -0.39 is 0 Å². The van der Waals surface area contributed by atoms with Gasteiger partial charge >= 0.3 is 0 Å². The van der Waals surface area contributed by atoms with Crippen molar-refractivity contribution in [2.24, 2.45) is 0 Å². The van der Waals surface area contributed by atoms with E-state index in [4.69, 9.17) is 0 Å². The minimum atomic E-state index is -0.280. The van der Waals surface area contributed by atoms with E-state index in [9.17, 15) is 9.18 Å². The number of hydrogen-bond donors (Lipinski definition) is 2. The molecule has 2 N–H and O–H groups in total. The predicted molar refractivity (Wildman–Crippen MR) is 98.1 cm³/mol. The zero-order chi connectivity index (χ0) is 18.4. The molecular weight excluding hydrogens is 331 g/mol. The lowest BCUT2D eigenvalue weighted by Gasteiger charge is -2.09. The zero-order valence-corrected chi connectivity index (χ0v) is 14.4. The highest BCUT2D eigenvalue weighted by Crippen LogP contribution is 2.09. The second kappa shape index (κ2) is 8.20. The molecule has 26 heavy (non-hydrogen) atoms. The van der Waals surface area contributed by atoms with Gasteiger partial charge in [0.2, 0.25) is 5.95 Å². The monoisotopic (exact) mass is 350 g/mol. The molecular formula is C20H19FN4O. The summed E-state index contributed by atoms with van der Waals surface area (Å²) in [7, 11) is 0. The number of nitrogens with one attached hydrogen (secondary N) is 2. The summed E-state index contributed by atoms with van der Waals surface area (Å²) in [5, 5.41) is 5.92. The number of carbonyl (C=O) groups is 1. The van der Waals surface area contributed by atoms with Crippen molar-refractivity contribution in [1.29, 1.82) is 0 Å². The van der Waals surface area contributed by atoms with Gasteiger partial charge < -0.3 is 10.6 Å². The Labute approximate surface area is 151 Å². The van der Waals surface area contributed by atoms with Gasteiger partial charge in [-0.25, -0.2) is 14.4 Å². The van der Waals surface area contributed by atoms with Crippen molar-refractivity contribution >= 4 is 11.9 Å². The minimum absolute atomic E-state index is 0.260. The van der Waals surface area contributed by atoms with Crippen LogP contribution in [0, 0.1) is 12.7 Å². The second-order valence-corrected chi connectivity index (χ2v) is 5.87. The van der Waals surface area contributed by atoms with Crippen molar-refractivity contribution in [3.8, 4) is 0 Å². The Morgan fingerprint density at radius 2 is 1.65 bits per heavy atom. The van der Waals surface area contributed by atoms with Crippen molar-refractivity contribution in [2.45, 2.75) is 20.0 Å². The van der Waals surface area contributed by atoms with Crippen LogP contribution in [0.15, 0.2) is 60.7 Å². The molecule has 0 bridgehead atoms. The maximum absolute atomic E-state index is 13.0. The van der Waals surface area contributed by atoms with Crippen molar-refractivity contribution in [3.63, 3.8) is 0 Å². The third kappa shape index (κ3) is 4.86. The summed E-state index contributed by atoms with van der Waals surface area (Å²) in [6.45, 7) is 2.68. The highest BCUT2D eigenvalue weighted by Gasteiger charge is 2.10. The van der Waals surface area contributed by atoms with Gasteiger partial charge in [-0.3, -0.25) is 4.79 Å². The number of amides is 1. The molecule has 0 radical (unpaired) electrons.